The van der Waals surface area contributed by atoms with Gasteiger partial charge in [0, 0.05) is 12.7 Å². The fourth-order valence-corrected chi connectivity index (χ4v) is 2.94. The van der Waals surface area contributed by atoms with E-state index >= 15 is 0 Å². The van der Waals surface area contributed by atoms with E-state index in [1.165, 1.54) is 12.1 Å². The van der Waals surface area contributed by atoms with E-state index in [-0.39, 0.29) is 23.2 Å². The summed E-state index contributed by atoms with van der Waals surface area (Å²) in [7, 11) is 1.56. The Morgan fingerprint density at radius 1 is 1.15 bits per heavy atom. The zero-order valence-electron chi connectivity index (χ0n) is 14.1. The number of nitrogens with zero attached hydrogens (tertiary/aromatic N) is 2. The van der Waals surface area contributed by atoms with Gasteiger partial charge in [-0.15, -0.1) is 0 Å². The molecular weight excluding hydrogens is 331 g/mol. The summed E-state index contributed by atoms with van der Waals surface area (Å²) in [5, 5.41) is 9.63. The molecule has 5 nitrogen and oxygen atoms in total. The van der Waals surface area contributed by atoms with Crippen LogP contribution in [0.15, 0.2) is 76.6 Å². The molecule has 2 aromatic carbocycles. The lowest BCUT2D eigenvalue weighted by Gasteiger charge is -2.29. The predicted molar refractivity (Wildman–Crippen MR) is 98.0 cm³/mol. The number of ether oxygens (including phenoxy) is 1. The van der Waals surface area contributed by atoms with Crippen molar-refractivity contribution in [2.45, 2.75) is 5.92 Å². The SMILES string of the molecule is CN=C1OC(N)=C(C#N)C(c2ccc(F)cc2)/C1=C(/N)c1ccccc1. The third-order valence-electron chi connectivity index (χ3n) is 4.18. The molecular formula is C20H17FN4O. The topological polar surface area (TPSA) is 97.4 Å². The smallest absolute Gasteiger partial charge is 0.222 e. The minimum atomic E-state index is -0.603. The van der Waals surface area contributed by atoms with Crippen molar-refractivity contribution in [1.29, 1.82) is 5.26 Å². The van der Waals surface area contributed by atoms with Crippen LogP contribution in [-0.2, 0) is 4.74 Å². The van der Waals surface area contributed by atoms with Crippen LogP contribution >= 0.6 is 0 Å². The van der Waals surface area contributed by atoms with Crippen LogP contribution in [0.3, 0.4) is 0 Å². The van der Waals surface area contributed by atoms with Crippen molar-refractivity contribution in [2.75, 3.05) is 7.05 Å². The predicted octanol–water partition coefficient (Wildman–Crippen LogP) is 3.03. The van der Waals surface area contributed by atoms with E-state index in [2.05, 4.69) is 11.1 Å². The first kappa shape index (κ1) is 17.2. The lowest BCUT2D eigenvalue weighted by molar-refractivity contribution is 0.387. The van der Waals surface area contributed by atoms with Crippen molar-refractivity contribution in [2.24, 2.45) is 16.5 Å². The van der Waals surface area contributed by atoms with Gasteiger partial charge in [-0.3, -0.25) is 4.99 Å². The van der Waals surface area contributed by atoms with Crippen LogP contribution in [0.5, 0.6) is 0 Å². The molecule has 0 radical (unpaired) electrons. The fourth-order valence-electron chi connectivity index (χ4n) is 2.94. The summed E-state index contributed by atoms with van der Waals surface area (Å²) in [5.41, 5.74) is 14.9. The first-order chi connectivity index (χ1) is 12.6. The van der Waals surface area contributed by atoms with E-state index in [9.17, 15) is 9.65 Å². The van der Waals surface area contributed by atoms with E-state index < -0.39 is 5.92 Å². The first-order valence-electron chi connectivity index (χ1n) is 7.92. The summed E-state index contributed by atoms with van der Waals surface area (Å²) in [4.78, 5) is 4.15. The third kappa shape index (κ3) is 3.03. The summed E-state index contributed by atoms with van der Waals surface area (Å²) < 4.78 is 18.9. The van der Waals surface area contributed by atoms with Gasteiger partial charge in [-0.05, 0) is 23.3 Å². The second-order valence-corrected chi connectivity index (χ2v) is 5.70. The Kier molecular flexibility index (Phi) is 4.72. The number of nitrogens with two attached hydrogens (primary N) is 2. The minimum absolute atomic E-state index is 0.0352. The number of rotatable bonds is 2. The van der Waals surface area contributed by atoms with Crippen molar-refractivity contribution in [3.63, 3.8) is 0 Å². The molecule has 130 valence electrons. The Hall–Kier alpha value is -3.59. The molecule has 0 saturated heterocycles. The third-order valence-corrected chi connectivity index (χ3v) is 4.18. The van der Waals surface area contributed by atoms with Crippen molar-refractivity contribution >= 4 is 11.6 Å². The van der Waals surface area contributed by atoms with E-state index in [0.717, 1.165) is 5.56 Å². The van der Waals surface area contributed by atoms with Crippen molar-refractivity contribution in [3.05, 3.63) is 88.6 Å². The van der Waals surface area contributed by atoms with Gasteiger partial charge in [-0.2, -0.15) is 5.26 Å². The zero-order valence-corrected chi connectivity index (χ0v) is 14.1. The Morgan fingerprint density at radius 2 is 1.81 bits per heavy atom. The molecule has 1 atom stereocenters. The van der Waals surface area contributed by atoms with Crippen LogP contribution < -0.4 is 11.5 Å². The van der Waals surface area contributed by atoms with Crippen molar-refractivity contribution in [1.82, 2.24) is 0 Å². The van der Waals surface area contributed by atoms with Crippen molar-refractivity contribution < 1.29 is 9.13 Å². The van der Waals surface area contributed by atoms with Gasteiger partial charge in [0.15, 0.2) is 0 Å². The van der Waals surface area contributed by atoms with Gasteiger partial charge < -0.3 is 16.2 Å². The standard InChI is InChI=1S/C20H17FN4O/c1-25-20-17(18(23)13-5-3-2-4-6-13)16(15(11-22)19(24)26-20)12-7-9-14(21)10-8-12/h2-10,16H,23-24H2,1H3/b18-17-,25-20?. The highest BCUT2D eigenvalue weighted by molar-refractivity contribution is 6.04. The maximum absolute atomic E-state index is 13.4. The molecule has 0 amide bonds. The molecule has 2 aromatic rings. The lowest BCUT2D eigenvalue weighted by Crippen LogP contribution is -2.29. The summed E-state index contributed by atoms with van der Waals surface area (Å²) in [6.45, 7) is 0. The zero-order chi connectivity index (χ0) is 18.7. The van der Waals surface area contributed by atoms with Gasteiger partial charge in [0.1, 0.15) is 17.5 Å². The largest absolute Gasteiger partial charge is 0.422 e. The fraction of sp³-hybridized carbons (Fsp3) is 0.100. The molecule has 0 spiro atoms. The summed E-state index contributed by atoms with van der Waals surface area (Å²) in [5.74, 6) is -0.778. The number of allylic oxidation sites excluding steroid dienone is 1. The van der Waals surface area contributed by atoms with Gasteiger partial charge >= 0.3 is 0 Å². The van der Waals surface area contributed by atoms with Crippen LogP contribution in [-0.4, -0.2) is 12.9 Å². The van der Waals surface area contributed by atoms with Gasteiger partial charge in [0.05, 0.1) is 11.5 Å². The highest BCUT2D eigenvalue weighted by Gasteiger charge is 2.35. The minimum Gasteiger partial charge on any atom is -0.422 e. The lowest BCUT2D eigenvalue weighted by atomic mass is 9.81. The molecule has 1 unspecified atom stereocenters. The highest BCUT2D eigenvalue weighted by atomic mass is 19.1. The molecule has 0 saturated carbocycles. The summed E-state index contributed by atoms with van der Waals surface area (Å²) in [6.07, 6.45) is 0. The summed E-state index contributed by atoms with van der Waals surface area (Å²) >= 11 is 0. The average Bonchev–Trinajstić information content (AvgIpc) is 2.68. The Bertz CT molecular complexity index is 954. The molecule has 26 heavy (non-hydrogen) atoms. The molecule has 1 heterocycles. The quantitative estimate of drug-likeness (QED) is 0.871. The number of halogens is 1. The molecule has 0 aliphatic carbocycles. The second kappa shape index (κ2) is 7.11. The Morgan fingerprint density at radius 3 is 2.38 bits per heavy atom. The van der Waals surface area contributed by atoms with Gasteiger partial charge in [-0.1, -0.05) is 42.5 Å². The monoisotopic (exact) mass is 348 g/mol. The van der Waals surface area contributed by atoms with Crippen LogP contribution in [0.25, 0.3) is 5.70 Å². The second-order valence-electron chi connectivity index (χ2n) is 5.70. The number of benzene rings is 2. The van der Waals surface area contributed by atoms with Crippen LogP contribution in [0.4, 0.5) is 4.39 Å². The van der Waals surface area contributed by atoms with Gasteiger partial charge in [0.2, 0.25) is 11.8 Å². The average molecular weight is 348 g/mol. The molecule has 4 N–H and O–H groups in total. The molecule has 0 aromatic heterocycles. The van der Waals surface area contributed by atoms with Gasteiger partial charge in [-0.25, -0.2) is 4.39 Å². The number of hydrogen-bond acceptors (Lipinski definition) is 5. The molecule has 1 aliphatic rings. The number of hydrogen-bond donors (Lipinski definition) is 2. The van der Waals surface area contributed by atoms with Crippen molar-refractivity contribution in [3.8, 4) is 6.07 Å². The normalized spacial score (nSPS) is 20.5. The molecule has 3 rings (SSSR count). The van der Waals surface area contributed by atoms with Crippen LogP contribution in [0.2, 0.25) is 0 Å². The van der Waals surface area contributed by atoms with E-state index in [1.54, 1.807) is 19.2 Å². The number of aliphatic imine (C=N–C) groups is 1. The Balaban J connectivity index is 2.30. The van der Waals surface area contributed by atoms with Crippen LogP contribution in [0, 0.1) is 17.1 Å². The Labute approximate surface area is 150 Å². The first-order valence-corrected chi connectivity index (χ1v) is 7.92. The van der Waals surface area contributed by atoms with Gasteiger partial charge in [0.25, 0.3) is 0 Å². The number of nitriles is 1. The van der Waals surface area contributed by atoms with Crippen LogP contribution in [0.1, 0.15) is 17.0 Å². The molecule has 0 fully saturated rings. The molecule has 1 aliphatic heterocycles. The maximum atomic E-state index is 13.4. The van der Waals surface area contributed by atoms with E-state index in [0.29, 0.717) is 16.8 Å². The maximum Gasteiger partial charge on any atom is 0.222 e. The highest BCUT2D eigenvalue weighted by Crippen LogP contribution is 2.40. The molecule has 0 bridgehead atoms. The molecule has 6 heteroatoms. The van der Waals surface area contributed by atoms with E-state index in [1.807, 2.05) is 30.3 Å². The summed E-state index contributed by atoms with van der Waals surface area (Å²) in [6, 6.07) is 17.2. The van der Waals surface area contributed by atoms with E-state index in [4.69, 9.17) is 16.2 Å².